The van der Waals surface area contributed by atoms with Crippen molar-refractivity contribution in [3.05, 3.63) is 16.1 Å². The molecular weight excluding hydrogens is 188 g/mol. The van der Waals surface area contributed by atoms with Crippen LogP contribution in [-0.2, 0) is 6.54 Å². The van der Waals surface area contributed by atoms with Crippen molar-refractivity contribution in [2.24, 2.45) is 0 Å². The van der Waals surface area contributed by atoms with Gasteiger partial charge in [0.05, 0.1) is 0 Å². The molecule has 0 aliphatic rings. The van der Waals surface area contributed by atoms with Gasteiger partial charge >= 0.3 is 0 Å². The summed E-state index contributed by atoms with van der Waals surface area (Å²) in [6, 6.07) is 0. The van der Waals surface area contributed by atoms with Gasteiger partial charge in [-0.3, -0.25) is 0 Å². The second-order valence-corrected chi connectivity index (χ2v) is 4.48. The first kappa shape index (κ1) is 10.0. The van der Waals surface area contributed by atoms with E-state index in [1.54, 1.807) is 11.3 Å². The maximum atomic E-state index is 4.36. The molecule has 0 aromatic carbocycles. The van der Waals surface area contributed by atoms with E-state index < -0.39 is 0 Å². The first-order valence-electron chi connectivity index (χ1n) is 3.93. The summed E-state index contributed by atoms with van der Waals surface area (Å²) in [5, 5.41) is 6.62. The van der Waals surface area contributed by atoms with Gasteiger partial charge < -0.3 is 5.32 Å². The Morgan fingerprint density at radius 2 is 2.50 bits per heavy atom. The molecule has 1 N–H and O–H groups in total. The Bertz CT molecular complexity index is 223. The molecule has 0 aliphatic heterocycles. The summed E-state index contributed by atoms with van der Waals surface area (Å²) >= 11 is 3.59. The Kier molecular flexibility index (Phi) is 4.65. The van der Waals surface area contributed by atoms with Gasteiger partial charge in [-0.1, -0.05) is 0 Å². The summed E-state index contributed by atoms with van der Waals surface area (Å²) in [5.74, 6) is 1.17. The van der Waals surface area contributed by atoms with Crippen LogP contribution >= 0.6 is 23.1 Å². The zero-order chi connectivity index (χ0) is 8.81. The monoisotopic (exact) mass is 202 g/mol. The Labute approximate surface area is 81.8 Å². The normalized spacial score (nSPS) is 10.5. The average molecular weight is 202 g/mol. The summed E-state index contributed by atoms with van der Waals surface area (Å²) in [5.41, 5.74) is 1.13. The molecule has 0 amide bonds. The molecule has 0 aliphatic carbocycles. The van der Waals surface area contributed by atoms with Crippen molar-refractivity contribution in [1.29, 1.82) is 0 Å². The molecule has 68 valence electrons. The van der Waals surface area contributed by atoms with Crippen LogP contribution in [0.2, 0.25) is 0 Å². The lowest BCUT2D eigenvalue weighted by atomic mass is 10.5. The SMILES string of the molecule is CSCCNCc1nc(C)cs1. The molecule has 0 saturated heterocycles. The van der Waals surface area contributed by atoms with E-state index in [1.807, 2.05) is 18.7 Å². The van der Waals surface area contributed by atoms with E-state index in [0.717, 1.165) is 18.8 Å². The van der Waals surface area contributed by atoms with Gasteiger partial charge in [0.25, 0.3) is 0 Å². The number of nitrogens with one attached hydrogen (secondary N) is 1. The Balaban J connectivity index is 2.15. The number of thiazole rings is 1. The van der Waals surface area contributed by atoms with Crippen molar-refractivity contribution < 1.29 is 0 Å². The minimum absolute atomic E-state index is 0.916. The second kappa shape index (κ2) is 5.56. The Morgan fingerprint density at radius 1 is 1.67 bits per heavy atom. The van der Waals surface area contributed by atoms with Crippen molar-refractivity contribution in [3.63, 3.8) is 0 Å². The van der Waals surface area contributed by atoms with Crippen LogP contribution in [0.1, 0.15) is 10.7 Å². The van der Waals surface area contributed by atoms with Crippen LogP contribution in [0.4, 0.5) is 0 Å². The van der Waals surface area contributed by atoms with Gasteiger partial charge in [0.2, 0.25) is 0 Å². The fourth-order valence-corrected chi connectivity index (χ4v) is 1.94. The van der Waals surface area contributed by atoms with Gasteiger partial charge in [-0.05, 0) is 13.2 Å². The van der Waals surface area contributed by atoms with Crippen LogP contribution in [0.3, 0.4) is 0 Å². The highest BCUT2D eigenvalue weighted by Gasteiger charge is 1.96. The first-order valence-corrected chi connectivity index (χ1v) is 6.21. The number of rotatable bonds is 5. The lowest BCUT2D eigenvalue weighted by molar-refractivity contribution is 0.726. The van der Waals surface area contributed by atoms with Crippen molar-refractivity contribution >= 4 is 23.1 Å². The van der Waals surface area contributed by atoms with Crippen molar-refractivity contribution in [2.75, 3.05) is 18.6 Å². The van der Waals surface area contributed by atoms with Crippen LogP contribution < -0.4 is 5.32 Å². The molecule has 0 spiro atoms. The molecule has 0 unspecified atom stereocenters. The summed E-state index contributed by atoms with van der Waals surface area (Å²) in [4.78, 5) is 4.36. The number of aryl methyl sites for hydroxylation is 1. The molecule has 2 nitrogen and oxygen atoms in total. The van der Waals surface area contributed by atoms with Gasteiger partial charge in [0, 0.05) is 29.9 Å². The van der Waals surface area contributed by atoms with Gasteiger partial charge in [-0.25, -0.2) is 4.98 Å². The standard InChI is InChI=1S/C8H14N2S2/c1-7-6-12-8(10-7)5-9-3-4-11-2/h6,9H,3-5H2,1-2H3. The topological polar surface area (TPSA) is 24.9 Å². The maximum absolute atomic E-state index is 4.36. The third-order valence-corrected chi connectivity index (χ3v) is 3.00. The third-order valence-electron chi connectivity index (χ3n) is 1.43. The van der Waals surface area contributed by atoms with Crippen LogP contribution in [-0.4, -0.2) is 23.5 Å². The number of nitrogens with zero attached hydrogens (tertiary/aromatic N) is 1. The van der Waals surface area contributed by atoms with E-state index in [4.69, 9.17) is 0 Å². The molecule has 0 fully saturated rings. The smallest absolute Gasteiger partial charge is 0.107 e. The predicted octanol–water partition coefficient (Wildman–Crippen LogP) is 1.90. The van der Waals surface area contributed by atoms with Crippen LogP contribution in [0.15, 0.2) is 5.38 Å². The molecule has 0 saturated carbocycles. The van der Waals surface area contributed by atoms with Crippen molar-refractivity contribution in [1.82, 2.24) is 10.3 Å². The number of thioether (sulfide) groups is 1. The first-order chi connectivity index (χ1) is 5.83. The molecule has 1 heterocycles. The molecular formula is C8H14N2S2. The largest absolute Gasteiger partial charge is 0.310 e. The highest BCUT2D eigenvalue weighted by atomic mass is 32.2. The minimum atomic E-state index is 0.916. The Hall–Kier alpha value is -0.0600. The summed E-state index contributed by atoms with van der Waals surface area (Å²) in [6.45, 7) is 4.01. The van der Waals surface area contributed by atoms with Crippen molar-refractivity contribution in [2.45, 2.75) is 13.5 Å². The molecule has 1 aromatic rings. The average Bonchev–Trinajstić information content (AvgIpc) is 2.45. The maximum Gasteiger partial charge on any atom is 0.107 e. The summed E-state index contributed by atoms with van der Waals surface area (Å²) in [7, 11) is 0. The van der Waals surface area contributed by atoms with E-state index in [-0.39, 0.29) is 0 Å². The third kappa shape index (κ3) is 3.56. The molecule has 1 aromatic heterocycles. The highest BCUT2D eigenvalue weighted by molar-refractivity contribution is 7.98. The zero-order valence-corrected chi connectivity index (χ0v) is 9.10. The molecule has 0 atom stereocenters. The van der Waals surface area contributed by atoms with E-state index in [9.17, 15) is 0 Å². The Morgan fingerprint density at radius 3 is 3.08 bits per heavy atom. The van der Waals surface area contributed by atoms with Crippen LogP contribution in [0.25, 0.3) is 0 Å². The van der Waals surface area contributed by atoms with E-state index in [1.165, 1.54) is 10.8 Å². The van der Waals surface area contributed by atoms with Gasteiger partial charge in [-0.2, -0.15) is 11.8 Å². The molecule has 12 heavy (non-hydrogen) atoms. The number of aromatic nitrogens is 1. The molecule has 0 radical (unpaired) electrons. The molecule has 4 heteroatoms. The van der Waals surface area contributed by atoms with E-state index >= 15 is 0 Å². The van der Waals surface area contributed by atoms with Gasteiger partial charge in [-0.15, -0.1) is 11.3 Å². The lowest BCUT2D eigenvalue weighted by Crippen LogP contribution is -2.16. The molecule has 1 rings (SSSR count). The fourth-order valence-electron chi connectivity index (χ4n) is 0.853. The summed E-state index contributed by atoms with van der Waals surface area (Å²) in [6.07, 6.45) is 2.12. The lowest BCUT2D eigenvalue weighted by Gasteiger charge is -1.98. The fraction of sp³-hybridized carbons (Fsp3) is 0.625. The number of hydrogen-bond donors (Lipinski definition) is 1. The van der Waals surface area contributed by atoms with Crippen molar-refractivity contribution in [3.8, 4) is 0 Å². The van der Waals surface area contributed by atoms with Gasteiger partial charge in [0.15, 0.2) is 0 Å². The predicted molar refractivity (Wildman–Crippen MR) is 56.9 cm³/mol. The molecule has 0 bridgehead atoms. The minimum Gasteiger partial charge on any atom is -0.310 e. The van der Waals surface area contributed by atoms with Gasteiger partial charge in [0.1, 0.15) is 5.01 Å². The second-order valence-electron chi connectivity index (χ2n) is 2.55. The van der Waals surface area contributed by atoms with Crippen LogP contribution in [0.5, 0.6) is 0 Å². The quantitative estimate of drug-likeness (QED) is 0.738. The summed E-state index contributed by atoms with van der Waals surface area (Å²) < 4.78 is 0. The van der Waals surface area contributed by atoms with E-state index in [2.05, 4.69) is 21.9 Å². The highest BCUT2D eigenvalue weighted by Crippen LogP contribution is 2.07. The van der Waals surface area contributed by atoms with Crippen LogP contribution in [0, 0.1) is 6.92 Å². The van der Waals surface area contributed by atoms with E-state index in [0.29, 0.717) is 0 Å². The number of hydrogen-bond acceptors (Lipinski definition) is 4. The zero-order valence-electron chi connectivity index (χ0n) is 7.46.